The summed E-state index contributed by atoms with van der Waals surface area (Å²) in [5.74, 6) is 0. The van der Waals surface area contributed by atoms with Crippen molar-refractivity contribution < 1.29 is 0 Å². The van der Waals surface area contributed by atoms with E-state index in [1.807, 2.05) is 11.3 Å². The highest BCUT2D eigenvalue weighted by Gasteiger charge is 2.19. The highest BCUT2D eigenvalue weighted by atomic mass is 32.1. The van der Waals surface area contributed by atoms with Crippen LogP contribution in [0.15, 0.2) is 224 Å². The van der Waals surface area contributed by atoms with Gasteiger partial charge in [-0.1, -0.05) is 158 Å². The average molecular weight is 832 g/mol. The van der Waals surface area contributed by atoms with Crippen LogP contribution in [0.1, 0.15) is 0 Å². The van der Waals surface area contributed by atoms with Gasteiger partial charge in [0, 0.05) is 64.9 Å². The molecule has 0 fully saturated rings. The van der Waals surface area contributed by atoms with Crippen molar-refractivity contribution >= 4 is 96.9 Å². The highest BCUT2D eigenvalue weighted by Crippen LogP contribution is 2.44. The smallest absolute Gasteiger partial charge is 0.0719 e. The van der Waals surface area contributed by atoms with Crippen LogP contribution in [0.25, 0.3) is 125 Å². The number of hydrogen-bond donors (Lipinski definition) is 0. The third-order valence-electron chi connectivity index (χ3n) is 13.4. The summed E-state index contributed by atoms with van der Waals surface area (Å²) in [6.07, 6.45) is 0. The molecule has 0 saturated heterocycles. The normalized spacial score (nSPS) is 12.1. The van der Waals surface area contributed by atoms with Gasteiger partial charge < -0.3 is 13.7 Å². The number of fused-ring (bicyclic) bond motifs is 13. The Balaban J connectivity index is 0.906. The molecule has 4 aromatic heterocycles. The van der Waals surface area contributed by atoms with Crippen molar-refractivity contribution in [3.63, 3.8) is 0 Å². The molecule has 3 nitrogen and oxygen atoms in total. The number of para-hydroxylation sites is 5. The second-order valence-electron chi connectivity index (χ2n) is 16.9. The second kappa shape index (κ2) is 13.7. The maximum absolute atomic E-state index is 2.47. The monoisotopic (exact) mass is 831 g/mol. The summed E-state index contributed by atoms with van der Waals surface area (Å²) < 4.78 is 9.99. The number of benzene rings is 10. The largest absolute Gasteiger partial charge is 0.309 e. The summed E-state index contributed by atoms with van der Waals surface area (Å²) in [5, 5.41) is 10.2. The molecule has 0 atom stereocenters. The molecule has 298 valence electrons. The van der Waals surface area contributed by atoms with Crippen LogP contribution in [-0.2, 0) is 0 Å². The Morgan fingerprint density at radius 1 is 0.250 bits per heavy atom. The van der Waals surface area contributed by atoms with Gasteiger partial charge >= 0.3 is 0 Å². The molecular weight excluding hydrogens is 795 g/mol. The fraction of sp³-hybridized carbons (Fsp3) is 0. The third kappa shape index (κ3) is 5.15. The zero-order valence-electron chi connectivity index (χ0n) is 34.6. The van der Waals surface area contributed by atoms with Crippen molar-refractivity contribution in [1.82, 2.24) is 13.7 Å². The first kappa shape index (κ1) is 35.4. The summed E-state index contributed by atoms with van der Waals surface area (Å²) in [4.78, 5) is 0. The molecule has 4 heterocycles. The minimum absolute atomic E-state index is 1.13. The molecule has 0 radical (unpaired) electrons. The summed E-state index contributed by atoms with van der Waals surface area (Å²) in [6.45, 7) is 0. The Labute approximate surface area is 372 Å². The van der Waals surface area contributed by atoms with Crippen LogP contribution in [0.2, 0.25) is 0 Å². The van der Waals surface area contributed by atoms with Gasteiger partial charge in [-0.05, 0) is 89.0 Å². The van der Waals surface area contributed by atoms with Crippen LogP contribution in [-0.4, -0.2) is 13.7 Å². The van der Waals surface area contributed by atoms with Gasteiger partial charge in [0.2, 0.25) is 0 Å². The molecule has 0 saturated carbocycles. The van der Waals surface area contributed by atoms with Gasteiger partial charge in [0.1, 0.15) is 0 Å². The van der Waals surface area contributed by atoms with Crippen molar-refractivity contribution in [2.24, 2.45) is 0 Å². The first-order valence-corrected chi connectivity index (χ1v) is 22.7. The van der Waals surface area contributed by atoms with Crippen molar-refractivity contribution in [1.29, 1.82) is 0 Å². The molecule has 0 bridgehead atoms. The van der Waals surface area contributed by atoms with E-state index < -0.39 is 0 Å². The third-order valence-corrected chi connectivity index (χ3v) is 14.6. The standard InChI is InChI=1S/C60H37N3S/c1-7-19-53-45(13-1)46-14-2-8-20-54(46)61(53)43-35-41(36-44(37-43)62-55-21-9-3-15-47(55)48-16-4-10-22-56(48)62)40-27-25-38(26-28-40)39-29-31-42(32-30-39)63-57-23-11-5-17-49(57)51-33-34-52-50-18-6-12-24-58(50)64-60(52)59(51)63/h1-37H. The predicted molar refractivity (Wildman–Crippen MR) is 273 cm³/mol. The van der Waals surface area contributed by atoms with Crippen LogP contribution in [0.5, 0.6) is 0 Å². The molecule has 0 spiro atoms. The van der Waals surface area contributed by atoms with E-state index in [1.165, 1.54) is 102 Å². The molecule has 14 rings (SSSR count). The Morgan fingerprint density at radius 3 is 1.12 bits per heavy atom. The highest BCUT2D eigenvalue weighted by molar-refractivity contribution is 7.26. The van der Waals surface area contributed by atoms with Crippen molar-refractivity contribution in [3.8, 4) is 39.3 Å². The van der Waals surface area contributed by atoms with Crippen LogP contribution < -0.4 is 0 Å². The van der Waals surface area contributed by atoms with E-state index in [4.69, 9.17) is 0 Å². The molecular formula is C60H37N3S. The van der Waals surface area contributed by atoms with E-state index in [0.29, 0.717) is 0 Å². The van der Waals surface area contributed by atoms with Gasteiger partial charge in [-0.2, -0.15) is 0 Å². The van der Waals surface area contributed by atoms with Gasteiger partial charge in [-0.3, -0.25) is 0 Å². The fourth-order valence-corrected chi connectivity index (χ4v) is 11.8. The van der Waals surface area contributed by atoms with Crippen molar-refractivity contribution in [3.05, 3.63) is 224 Å². The minimum atomic E-state index is 1.13. The van der Waals surface area contributed by atoms with Gasteiger partial charge in [0.15, 0.2) is 0 Å². The van der Waals surface area contributed by atoms with E-state index in [1.54, 1.807) is 0 Å². The molecule has 0 N–H and O–H groups in total. The van der Waals surface area contributed by atoms with E-state index in [9.17, 15) is 0 Å². The Morgan fingerprint density at radius 2 is 0.625 bits per heavy atom. The van der Waals surface area contributed by atoms with E-state index in [2.05, 4.69) is 238 Å². The van der Waals surface area contributed by atoms with Crippen molar-refractivity contribution in [2.75, 3.05) is 0 Å². The molecule has 0 aliphatic carbocycles. The van der Waals surface area contributed by atoms with Gasteiger partial charge in [-0.25, -0.2) is 0 Å². The fourth-order valence-electron chi connectivity index (χ4n) is 10.6. The summed E-state index contributed by atoms with van der Waals surface area (Å²) >= 11 is 1.89. The van der Waals surface area contributed by atoms with Gasteiger partial charge in [-0.15, -0.1) is 11.3 Å². The first-order valence-electron chi connectivity index (χ1n) is 21.9. The second-order valence-corrected chi connectivity index (χ2v) is 17.9. The van der Waals surface area contributed by atoms with Gasteiger partial charge in [0.05, 0.1) is 37.8 Å². The minimum Gasteiger partial charge on any atom is -0.309 e. The van der Waals surface area contributed by atoms with Crippen LogP contribution in [0.4, 0.5) is 0 Å². The molecule has 64 heavy (non-hydrogen) atoms. The SMILES string of the molecule is c1ccc2c(c1)sc1c2ccc2c3ccccc3n(-c3ccc(-c4ccc(-c5cc(-n6c7ccccc7c7ccccc76)cc(-n6c7ccccc7c7ccccc76)c5)cc4)cc3)c21. The first-order chi connectivity index (χ1) is 31.7. The topological polar surface area (TPSA) is 14.8 Å². The number of aromatic nitrogens is 3. The van der Waals surface area contributed by atoms with E-state index >= 15 is 0 Å². The van der Waals surface area contributed by atoms with E-state index in [-0.39, 0.29) is 0 Å². The summed E-state index contributed by atoms with van der Waals surface area (Å²) in [7, 11) is 0. The predicted octanol–water partition coefficient (Wildman–Crippen LogP) is 16.7. The number of rotatable bonds is 5. The molecule has 0 aliphatic rings. The number of nitrogens with zero attached hydrogens (tertiary/aromatic N) is 3. The lowest BCUT2D eigenvalue weighted by molar-refractivity contribution is 1.13. The molecule has 0 aliphatic heterocycles. The maximum atomic E-state index is 2.47. The number of hydrogen-bond acceptors (Lipinski definition) is 1. The van der Waals surface area contributed by atoms with Crippen LogP contribution in [0, 0.1) is 0 Å². The lowest BCUT2D eigenvalue weighted by Gasteiger charge is -2.16. The molecule has 0 amide bonds. The van der Waals surface area contributed by atoms with Crippen LogP contribution in [0.3, 0.4) is 0 Å². The quantitative estimate of drug-likeness (QED) is 0.164. The Hall–Kier alpha value is -8.18. The molecule has 4 heteroatoms. The lowest BCUT2D eigenvalue weighted by Crippen LogP contribution is -2.00. The zero-order valence-corrected chi connectivity index (χ0v) is 35.4. The zero-order chi connectivity index (χ0) is 41.9. The Bertz CT molecular complexity index is 3940. The maximum Gasteiger partial charge on any atom is 0.0719 e. The number of thiophene rings is 1. The summed E-state index contributed by atoms with van der Waals surface area (Å²) in [5.41, 5.74) is 15.4. The van der Waals surface area contributed by atoms with Gasteiger partial charge in [0.25, 0.3) is 0 Å². The molecule has 10 aromatic carbocycles. The summed E-state index contributed by atoms with van der Waals surface area (Å²) in [6, 6.07) is 82.7. The average Bonchev–Trinajstić information content (AvgIpc) is 4.11. The van der Waals surface area contributed by atoms with E-state index in [0.717, 1.165) is 22.6 Å². The molecule has 14 aromatic rings. The lowest BCUT2D eigenvalue weighted by atomic mass is 9.99. The van der Waals surface area contributed by atoms with Crippen LogP contribution >= 0.6 is 11.3 Å². The van der Waals surface area contributed by atoms with Crippen molar-refractivity contribution in [2.45, 2.75) is 0 Å². The molecule has 0 unspecified atom stereocenters. The Kier molecular flexibility index (Phi) is 7.56.